The van der Waals surface area contributed by atoms with Gasteiger partial charge in [-0.15, -0.1) is 11.3 Å². The summed E-state index contributed by atoms with van der Waals surface area (Å²) < 4.78 is 0. The first-order valence-electron chi connectivity index (χ1n) is 7.40. The molecule has 1 aromatic heterocycles. The highest BCUT2D eigenvalue weighted by atomic mass is 32.1. The van der Waals surface area contributed by atoms with Gasteiger partial charge in [-0.2, -0.15) is 0 Å². The van der Waals surface area contributed by atoms with E-state index in [9.17, 15) is 0 Å². The van der Waals surface area contributed by atoms with Crippen molar-refractivity contribution in [3.63, 3.8) is 0 Å². The van der Waals surface area contributed by atoms with E-state index in [4.69, 9.17) is 0 Å². The average molecular weight is 303 g/mol. The van der Waals surface area contributed by atoms with Crippen LogP contribution in [-0.4, -0.2) is 18.1 Å². The van der Waals surface area contributed by atoms with Crippen LogP contribution in [0, 0.1) is 13.8 Å². The first kappa shape index (κ1) is 16.0. The van der Waals surface area contributed by atoms with Crippen molar-refractivity contribution < 1.29 is 0 Å². The molecule has 0 bridgehead atoms. The molecule has 0 spiro atoms. The summed E-state index contributed by atoms with van der Waals surface area (Å²) in [4.78, 5) is 7.94. The highest BCUT2D eigenvalue weighted by molar-refractivity contribution is 7.09. The molecule has 0 unspecified atom stereocenters. The van der Waals surface area contributed by atoms with Crippen molar-refractivity contribution in [1.29, 1.82) is 0 Å². The van der Waals surface area contributed by atoms with Crippen molar-refractivity contribution in [3.05, 3.63) is 45.4 Å². The van der Waals surface area contributed by atoms with E-state index < -0.39 is 0 Å². The molecule has 0 amide bonds. The molecule has 2 rings (SSSR count). The summed E-state index contributed by atoms with van der Waals surface area (Å²) in [5, 5.41) is 3.47. The quantitative estimate of drug-likeness (QED) is 0.877. The number of hydrogen-bond donors (Lipinski definition) is 1. The van der Waals surface area contributed by atoms with Gasteiger partial charge in [0.25, 0.3) is 0 Å². The van der Waals surface area contributed by atoms with Gasteiger partial charge < -0.3 is 10.2 Å². The molecule has 0 radical (unpaired) electrons. The zero-order valence-corrected chi connectivity index (χ0v) is 14.4. The third-order valence-electron chi connectivity index (χ3n) is 3.69. The number of nitrogens with zero attached hydrogens (tertiary/aromatic N) is 2. The molecule has 0 aliphatic rings. The van der Waals surface area contributed by atoms with Crippen LogP contribution in [0.15, 0.2) is 23.7 Å². The smallest absolute Gasteiger partial charge is 0.0798 e. The normalized spacial score (nSPS) is 11.1. The second-order valence-electron chi connectivity index (χ2n) is 5.86. The number of hydrogen-bond acceptors (Lipinski definition) is 4. The molecule has 0 aliphatic carbocycles. The zero-order valence-electron chi connectivity index (χ0n) is 13.6. The first-order valence-corrected chi connectivity index (χ1v) is 8.28. The van der Waals surface area contributed by atoms with Crippen LogP contribution in [0.5, 0.6) is 0 Å². The molecule has 0 fully saturated rings. The fourth-order valence-corrected chi connectivity index (χ4v) is 3.04. The lowest BCUT2D eigenvalue weighted by Crippen LogP contribution is -2.22. The van der Waals surface area contributed by atoms with Crippen molar-refractivity contribution in [2.45, 2.75) is 46.8 Å². The van der Waals surface area contributed by atoms with Gasteiger partial charge in [-0.3, -0.25) is 0 Å². The van der Waals surface area contributed by atoms with Crippen molar-refractivity contribution in [3.8, 4) is 0 Å². The Morgan fingerprint density at radius 3 is 2.62 bits per heavy atom. The molecule has 4 heteroatoms. The second kappa shape index (κ2) is 7.05. The van der Waals surface area contributed by atoms with Crippen LogP contribution in [0.3, 0.4) is 0 Å². The van der Waals surface area contributed by atoms with E-state index in [-0.39, 0.29) is 0 Å². The number of nitrogens with one attached hydrogen (secondary N) is 1. The molecule has 1 aromatic carbocycles. The Morgan fingerprint density at radius 1 is 1.29 bits per heavy atom. The minimum absolute atomic E-state index is 0.515. The Morgan fingerprint density at radius 2 is 2.05 bits per heavy atom. The largest absolute Gasteiger partial charge is 0.369 e. The molecule has 1 N–H and O–H groups in total. The maximum atomic E-state index is 4.32. The first-order chi connectivity index (χ1) is 9.97. The molecule has 2 aromatic rings. The monoisotopic (exact) mass is 303 g/mol. The minimum Gasteiger partial charge on any atom is -0.369 e. The van der Waals surface area contributed by atoms with Crippen LogP contribution < -0.4 is 10.2 Å². The summed E-state index contributed by atoms with van der Waals surface area (Å²) in [5.74, 6) is 0. The number of rotatable bonds is 6. The molecule has 0 saturated heterocycles. The SMILES string of the molecule is Cc1cc(N(C)Cc2scnc2C)ccc1CNC(C)C. The van der Waals surface area contributed by atoms with E-state index in [1.54, 1.807) is 11.3 Å². The van der Waals surface area contributed by atoms with Crippen molar-refractivity contribution >= 4 is 17.0 Å². The predicted octanol–water partition coefficient (Wildman–Crippen LogP) is 3.89. The molecule has 1 heterocycles. The van der Waals surface area contributed by atoms with E-state index in [1.165, 1.54) is 21.7 Å². The van der Waals surface area contributed by atoms with Crippen molar-refractivity contribution in [2.75, 3.05) is 11.9 Å². The molecular weight excluding hydrogens is 278 g/mol. The maximum Gasteiger partial charge on any atom is 0.0798 e. The minimum atomic E-state index is 0.515. The topological polar surface area (TPSA) is 28.2 Å². The molecule has 0 saturated carbocycles. The molecule has 3 nitrogen and oxygen atoms in total. The van der Waals surface area contributed by atoms with Gasteiger partial charge in [0.05, 0.1) is 17.7 Å². The second-order valence-corrected chi connectivity index (χ2v) is 6.80. The number of aryl methyl sites for hydroxylation is 2. The van der Waals surface area contributed by atoms with Gasteiger partial charge in [-0.1, -0.05) is 19.9 Å². The third-order valence-corrected chi connectivity index (χ3v) is 4.61. The number of benzene rings is 1. The Bertz CT molecular complexity index is 589. The lowest BCUT2D eigenvalue weighted by molar-refractivity contribution is 0.587. The highest BCUT2D eigenvalue weighted by Crippen LogP contribution is 2.22. The van der Waals surface area contributed by atoms with E-state index in [0.29, 0.717) is 6.04 Å². The lowest BCUT2D eigenvalue weighted by Gasteiger charge is -2.20. The zero-order chi connectivity index (χ0) is 15.4. The van der Waals surface area contributed by atoms with Gasteiger partial charge in [0.15, 0.2) is 0 Å². The summed E-state index contributed by atoms with van der Waals surface area (Å²) in [5.41, 5.74) is 7.03. The standard InChI is InChI=1S/C17H25N3S/c1-12(2)18-9-15-6-7-16(8-13(15)3)20(5)10-17-14(4)19-11-21-17/h6-8,11-12,18H,9-10H2,1-5H3. The molecule has 0 atom stereocenters. The Labute approximate surface area is 132 Å². The van der Waals surface area contributed by atoms with Crippen LogP contribution in [-0.2, 0) is 13.1 Å². The van der Waals surface area contributed by atoms with Gasteiger partial charge in [0, 0.05) is 30.2 Å². The van der Waals surface area contributed by atoms with Crippen LogP contribution in [0.25, 0.3) is 0 Å². The summed E-state index contributed by atoms with van der Waals surface area (Å²) in [7, 11) is 2.14. The van der Waals surface area contributed by atoms with Crippen molar-refractivity contribution in [1.82, 2.24) is 10.3 Å². The lowest BCUT2D eigenvalue weighted by atomic mass is 10.1. The Kier molecular flexibility index (Phi) is 5.37. The van der Waals surface area contributed by atoms with E-state index in [1.807, 2.05) is 5.51 Å². The van der Waals surface area contributed by atoms with Crippen LogP contribution >= 0.6 is 11.3 Å². The molecule has 0 aliphatic heterocycles. The van der Waals surface area contributed by atoms with E-state index >= 15 is 0 Å². The maximum absolute atomic E-state index is 4.32. The van der Waals surface area contributed by atoms with Gasteiger partial charge in [0.1, 0.15) is 0 Å². The summed E-state index contributed by atoms with van der Waals surface area (Å²) >= 11 is 1.73. The van der Waals surface area contributed by atoms with Gasteiger partial charge >= 0.3 is 0 Å². The number of anilines is 1. The Hall–Kier alpha value is -1.39. The van der Waals surface area contributed by atoms with Crippen molar-refractivity contribution in [2.24, 2.45) is 0 Å². The van der Waals surface area contributed by atoms with Crippen LogP contribution in [0.4, 0.5) is 5.69 Å². The summed E-state index contributed by atoms with van der Waals surface area (Å²) in [6.07, 6.45) is 0. The third kappa shape index (κ3) is 4.29. The van der Waals surface area contributed by atoms with E-state index in [0.717, 1.165) is 18.8 Å². The van der Waals surface area contributed by atoms with Gasteiger partial charge in [-0.25, -0.2) is 4.98 Å². The summed E-state index contributed by atoms with van der Waals surface area (Å²) in [6, 6.07) is 7.23. The predicted molar refractivity (Wildman–Crippen MR) is 92.1 cm³/mol. The molecular formula is C17H25N3S. The fourth-order valence-electron chi connectivity index (χ4n) is 2.21. The Balaban J connectivity index is 2.06. The van der Waals surface area contributed by atoms with Gasteiger partial charge in [0.2, 0.25) is 0 Å². The highest BCUT2D eigenvalue weighted by Gasteiger charge is 2.08. The molecule has 21 heavy (non-hydrogen) atoms. The molecule has 114 valence electrons. The average Bonchev–Trinajstić information content (AvgIpc) is 2.82. The number of aromatic nitrogens is 1. The van der Waals surface area contributed by atoms with Crippen LogP contribution in [0.2, 0.25) is 0 Å². The summed E-state index contributed by atoms with van der Waals surface area (Å²) in [6.45, 7) is 10.5. The fraction of sp³-hybridized carbons (Fsp3) is 0.471. The van der Waals surface area contributed by atoms with E-state index in [2.05, 4.69) is 68.1 Å². The van der Waals surface area contributed by atoms with Crippen LogP contribution in [0.1, 0.15) is 35.5 Å². The number of thiazole rings is 1. The van der Waals surface area contributed by atoms with Gasteiger partial charge in [-0.05, 0) is 37.1 Å².